The number of carbonyl (C=O) groups is 2. The van der Waals surface area contributed by atoms with Gasteiger partial charge in [0.2, 0.25) is 0 Å². The van der Waals surface area contributed by atoms with Gasteiger partial charge in [0.05, 0.1) is 5.69 Å². The third kappa shape index (κ3) is 4.20. The van der Waals surface area contributed by atoms with Gasteiger partial charge in [0, 0.05) is 21.8 Å². The fourth-order valence-electron chi connectivity index (χ4n) is 2.39. The van der Waals surface area contributed by atoms with Crippen LogP contribution in [0.4, 0.5) is 16.2 Å². The normalized spacial score (nSPS) is 10.2. The number of urea groups is 1. The van der Waals surface area contributed by atoms with Crippen LogP contribution >= 0.6 is 11.6 Å². The van der Waals surface area contributed by atoms with Gasteiger partial charge in [0.15, 0.2) is 5.78 Å². The quantitative estimate of drug-likeness (QED) is 0.453. The summed E-state index contributed by atoms with van der Waals surface area (Å²) in [6.45, 7) is 0. The third-order valence-electron chi connectivity index (χ3n) is 3.63. The fraction of sp³-hybridized carbons (Fsp3) is 0. The molecule has 130 valence electrons. The van der Waals surface area contributed by atoms with Crippen molar-refractivity contribution in [2.24, 2.45) is 0 Å². The zero-order valence-corrected chi connectivity index (χ0v) is 14.3. The van der Waals surface area contributed by atoms with Crippen LogP contribution in [-0.4, -0.2) is 16.9 Å². The van der Waals surface area contributed by atoms with Gasteiger partial charge in [0.1, 0.15) is 5.75 Å². The molecule has 0 saturated heterocycles. The molecule has 3 rings (SSSR count). The van der Waals surface area contributed by atoms with Crippen molar-refractivity contribution in [2.75, 3.05) is 10.6 Å². The second-order valence-electron chi connectivity index (χ2n) is 5.52. The molecule has 5 nitrogen and oxygen atoms in total. The van der Waals surface area contributed by atoms with Gasteiger partial charge < -0.3 is 15.7 Å². The molecular formula is C20H15ClN2O3. The summed E-state index contributed by atoms with van der Waals surface area (Å²) < 4.78 is 0. The molecule has 0 aliphatic heterocycles. The van der Waals surface area contributed by atoms with Crippen LogP contribution in [0.2, 0.25) is 5.02 Å². The van der Waals surface area contributed by atoms with E-state index in [1.807, 2.05) is 6.07 Å². The highest BCUT2D eigenvalue weighted by molar-refractivity contribution is 6.31. The summed E-state index contributed by atoms with van der Waals surface area (Å²) in [5.41, 5.74) is 1.66. The van der Waals surface area contributed by atoms with Gasteiger partial charge in [-0.3, -0.25) is 4.79 Å². The molecule has 0 aliphatic carbocycles. The van der Waals surface area contributed by atoms with Crippen molar-refractivity contribution in [1.82, 2.24) is 0 Å². The number of halogens is 1. The highest BCUT2D eigenvalue weighted by Gasteiger charge is 2.11. The van der Waals surface area contributed by atoms with E-state index in [9.17, 15) is 14.7 Å². The minimum absolute atomic E-state index is 0.0995. The number of rotatable bonds is 4. The van der Waals surface area contributed by atoms with E-state index in [2.05, 4.69) is 10.6 Å². The summed E-state index contributed by atoms with van der Waals surface area (Å²) in [6.07, 6.45) is 0. The molecule has 0 atom stereocenters. The number of hydrogen-bond donors (Lipinski definition) is 3. The number of benzene rings is 3. The molecule has 6 heteroatoms. The predicted octanol–water partition coefficient (Wildman–Crippen LogP) is 4.92. The van der Waals surface area contributed by atoms with E-state index in [4.69, 9.17) is 11.6 Å². The van der Waals surface area contributed by atoms with E-state index < -0.39 is 6.03 Å². The summed E-state index contributed by atoms with van der Waals surface area (Å²) >= 11 is 5.85. The fourth-order valence-corrected chi connectivity index (χ4v) is 2.56. The minimum Gasteiger partial charge on any atom is -0.506 e. The third-order valence-corrected chi connectivity index (χ3v) is 3.86. The molecule has 3 aromatic rings. The lowest BCUT2D eigenvalue weighted by atomic mass is 10.0. The van der Waals surface area contributed by atoms with Crippen LogP contribution in [0.5, 0.6) is 5.75 Å². The summed E-state index contributed by atoms with van der Waals surface area (Å²) in [5.74, 6) is -0.236. The first kappa shape index (κ1) is 17.5. The predicted molar refractivity (Wildman–Crippen MR) is 102 cm³/mol. The Balaban J connectivity index is 1.73. The van der Waals surface area contributed by atoms with Crippen LogP contribution in [0.25, 0.3) is 0 Å². The number of phenolic OH excluding ortho intramolecular Hbond substituents is 1. The van der Waals surface area contributed by atoms with E-state index in [-0.39, 0.29) is 17.2 Å². The maximum absolute atomic E-state index is 12.5. The molecule has 0 spiro atoms. The summed E-state index contributed by atoms with van der Waals surface area (Å²) in [6, 6.07) is 19.3. The monoisotopic (exact) mass is 366 g/mol. The number of hydrogen-bond acceptors (Lipinski definition) is 3. The lowest BCUT2D eigenvalue weighted by Gasteiger charge is -2.10. The van der Waals surface area contributed by atoms with E-state index in [1.54, 1.807) is 48.5 Å². The van der Waals surface area contributed by atoms with Crippen LogP contribution < -0.4 is 10.6 Å². The molecule has 3 aromatic carbocycles. The zero-order chi connectivity index (χ0) is 18.5. The lowest BCUT2D eigenvalue weighted by molar-refractivity contribution is 0.103. The number of anilines is 2. The number of amides is 2. The first-order valence-corrected chi connectivity index (χ1v) is 8.17. The smallest absolute Gasteiger partial charge is 0.323 e. The maximum Gasteiger partial charge on any atom is 0.323 e. The van der Waals surface area contributed by atoms with Crippen LogP contribution in [-0.2, 0) is 0 Å². The van der Waals surface area contributed by atoms with Gasteiger partial charge in [-0.25, -0.2) is 4.79 Å². The van der Waals surface area contributed by atoms with Gasteiger partial charge in [-0.15, -0.1) is 0 Å². The Bertz CT molecular complexity index is 958. The SMILES string of the molecule is O=C(Nc1cccc(C(=O)c2ccccc2)c1)Nc1cc(Cl)ccc1O. The summed E-state index contributed by atoms with van der Waals surface area (Å²) in [4.78, 5) is 24.6. The first-order chi connectivity index (χ1) is 12.5. The number of carbonyl (C=O) groups excluding carboxylic acids is 2. The molecule has 0 heterocycles. The van der Waals surface area contributed by atoms with Gasteiger partial charge in [0.25, 0.3) is 0 Å². The van der Waals surface area contributed by atoms with Crippen molar-refractivity contribution >= 4 is 34.8 Å². The van der Waals surface area contributed by atoms with Crippen molar-refractivity contribution in [2.45, 2.75) is 0 Å². The first-order valence-electron chi connectivity index (χ1n) is 7.79. The Morgan fingerprint density at radius 3 is 2.31 bits per heavy atom. The summed E-state index contributed by atoms with van der Waals surface area (Å²) in [7, 11) is 0. The van der Waals surface area contributed by atoms with E-state index in [0.29, 0.717) is 21.8 Å². The second kappa shape index (κ2) is 7.72. The molecule has 0 saturated carbocycles. The maximum atomic E-state index is 12.5. The topological polar surface area (TPSA) is 78.4 Å². The van der Waals surface area contributed by atoms with E-state index in [0.717, 1.165) is 0 Å². The second-order valence-corrected chi connectivity index (χ2v) is 5.95. The van der Waals surface area contributed by atoms with Crippen molar-refractivity contribution in [3.8, 4) is 5.75 Å². The van der Waals surface area contributed by atoms with Gasteiger partial charge in [-0.2, -0.15) is 0 Å². The number of aromatic hydroxyl groups is 1. The Morgan fingerprint density at radius 2 is 1.54 bits per heavy atom. The molecule has 0 aliphatic rings. The highest BCUT2D eigenvalue weighted by atomic mass is 35.5. The Morgan fingerprint density at radius 1 is 0.808 bits per heavy atom. The molecule has 0 bridgehead atoms. The number of phenols is 1. The van der Waals surface area contributed by atoms with Crippen molar-refractivity contribution in [3.63, 3.8) is 0 Å². The molecule has 26 heavy (non-hydrogen) atoms. The molecule has 2 amide bonds. The van der Waals surface area contributed by atoms with Crippen molar-refractivity contribution in [1.29, 1.82) is 0 Å². The molecule has 0 radical (unpaired) electrons. The van der Waals surface area contributed by atoms with Crippen LogP contribution in [0.15, 0.2) is 72.8 Å². The van der Waals surface area contributed by atoms with E-state index >= 15 is 0 Å². The highest BCUT2D eigenvalue weighted by Crippen LogP contribution is 2.26. The van der Waals surface area contributed by atoms with Gasteiger partial charge >= 0.3 is 6.03 Å². The molecule has 3 N–H and O–H groups in total. The largest absolute Gasteiger partial charge is 0.506 e. The number of nitrogens with one attached hydrogen (secondary N) is 2. The Hall–Kier alpha value is -3.31. The average molecular weight is 367 g/mol. The lowest BCUT2D eigenvalue weighted by Crippen LogP contribution is -2.19. The van der Waals surface area contributed by atoms with Gasteiger partial charge in [-0.05, 0) is 30.3 Å². The van der Waals surface area contributed by atoms with Crippen LogP contribution in [0, 0.1) is 0 Å². The van der Waals surface area contributed by atoms with Crippen LogP contribution in [0.1, 0.15) is 15.9 Å². The van der Waals surface area contributed by atoms with Crippen molar-refractivity contribution < 1.29 is 14.7 Å². The molecule has 0 aromatic heterocycles. The molecule has 0 unspecified atom stereocenters. The average Bonchev–Trinajstić information content (AvgIpc) is 2.65. The minimum atomic E-state index is -0.563. The molecular weight excluding hydrogens is 352 g/mol. The Labute approximate surface area is 155 Å². The van der Waals surface area contributed by atoms with Gasteiger partial charge in [-0.1, -0.05) is 54.1 Å². The van der Waals surface area contributed by atoms with E-state index in [1.165, 1.54) is 18.2 Å². The van der Waals surface area contributed by atoms with Crippen LogP contribution in [0.3, 0.4) is 0 Å². The van der Waals surface area contributed by atoms with Crippen molar-refractivity contribution in [3.05, 3.63) is 88.9 Å². The molecule has 0 fully saturated rings. The standard InChI is InChI=1S/C20H15ClN2O3/c21-15-9-10-18(24)17(12-15)23-20(26)22-16-8-4-7-14(11-16)19(25)13-5-2-1-3-6-13/h1-12,24H,(H2,22,23,26). The number of ketones is 1. The Kier molecular flexibility index (Phi) is 5.20. The summed E-state index contributed by atoms with van der Waals surface area (Å²) in [5, 5.41) is 15.3. The zero-order valence-electron chi connectivity index (χ0n) is 13.6.